The summed E-state index contributed by atoms with van der Waals surface area (Å²) < 4.78 is 0. The second-order valence-electron chi connectivity index (χ2n) is 14.3. The topological polar surface area (TPSA) is 90.0 Å². The van der Waals surface area contributed by atoms with Gasteiger partial charge in [-0.05, 0) is 12.8 Å². The largest absolute Gasteiger partial charge is 0.354 e. The predicted octanol–water partition coefficient (Wildman–Crippen LogP) is 9.78. The number of unbranched alkanes of at least 4 members (excludes halogenated alkanes) is 18. The van der Waals surface area contributed by atoms with Crippen LogP contribution in [0, 0.1) is 0 Å². The normalized spacial score (nSPS) is 11.1. The molecule has 9 heteroatoms. The molecule has 300 valence electrons. The minimum absolute atomic E-state index is 0.0256. The molecule has 0 aliphatic rings. The van der Waals surface area contributed by atoms with Gasteiger partial charge in [0.15, 0.2) is 0 Å². The molecule has 1 N–H and O–H groups in total. The molecule has 0 heterocycles. The van der Waals surface area contributed by atoms with Crippen LogP contribution in [0.4, 0.5) is 0 Å². The molecule has 0 saturated carbocycles. The molecule has 0 spiro atoms. The van der Waals surface area contributed by atoms with Gasteiger partial charge < -0.3 is 20.0 Å². The summed E-state index contributed by atoms with van der Waals surface area (Å²) in [6.45, 7) is 14.2. The van der Waals surface area contributed by atoms with E-state index in [9.17, 15) is 19.2 Å². The summed E-state index contributed by atoms with van der Waals surface area (Å²) in [4.78, 5) is 56.0. The van der Waals surface area contributed by atoms with Crippen molar-refractivity contribution in [1.29, 1.82) is 0 Å². The van der Waals surface area contributed by atoms with Crippen molar-refractivity contribution in [3.05, 3.63) is 0 Å². The fourth-order valence-corrected chi connectivity index (χ4v) is 7.27. The molecule has 51 heavy (non-hydrogen) atoms. The van der Waals surface area contributed by atoms with Gasteiger partial charge in [-0.1, -0.05) is 150 Å². The molecule has 0 unspecified atom stereocenters. The maximum Gasteiger partial charge on any atom is 0.223 e. The predicted molar refractivity (Wildman–Crippen MR) is 219 cm³/mol. The van der Waals surface area contributed by atoms with Crippen LogP contribution >= 0.6 is 11.8 Å². The molecule has 4 amide bonds. The van der Waals surface area contributed by atoms with E-state index in [0.29, 0.717) is 58.4 Å². The third-order valence-corrected chi connectivity index (χ3v) is 10.8. The third-order valence-electron chi connectivity index (χ3n) is 9.86. The monoisotopic (exact) mass is 739 g/mol. The van der Waals surface area contributed by atoms with Gasteiger partial charge in [0.25, 0.3) is 0 Å². The lowest BCUT2D eigenvalue weighted by Crippen LogP contribution is -2.44. The van der Waals surface area contributed by atoms with Crippen LogP contribution in [0.25, 0.3) is 0 Å². The number of nitrogens with zero attached hydrogens (tertiary/aromatic N) is 3. The van der Waals surface area contributed by atoms with Gasteiger partial charge in [0, 0.05) is 83.0 Å². The van der Waals surface area contributed by atoms with E-state index >= 15 is 0 Å². The van der Waals surface area contributed by atoms with Gasteiger partial charge in [-0.2, -0.15) is 11.8 Å². The Bertz CT molecular complexity index is 835. The Morgan fingerprint density at radius 2 is 0.804 bits per heavy atom. The zero-order valence-corrected chi connectivity index (χ0v) is 35.0. The molecule has 0 aliphatic carbocycles. The highest BCUT2D eigenvalue weighted by atomic mass is 32.2. The molecule has 0 rings (SSSR count). The molecule has 8 nitrogen and oxygen atoms in total. The van der Waals surface area contributed by atoms with Crippen LogP contribution in [0.3, 0.4) is 0 Å². The lowest BCUT2D eigenvalue weighted by Gasteiger charge is -2.28. The van der Waals surface area contributed by atoms with Crippen molar-refractivity contribution >= 4 is 35.4 Å². The van der Waals surface area contributed by atoms with Gasteiger partial charge >= 0.3 is 0 Å². The SMILES string of the molecule is CCCCCCCCCCCCN(CCCCCCCCCCCC)C(=O)CCSCCN(CCN(CCNC(=O)CC)C(=O)CC)C(=O)CC. The number of rotatable bonds is 37. The molecule has 0 atom stereocenters. The first kappa shape index (κ1) is 49.2. The number of nitrogens with one attached hydrogen (secondary N) is 1. The molecular weight excluding hydrogens is 657 g/mol. The van der Waals surface area contributed by atoms with Gasteiger partial charge in [-0.3, -0.25) is 19.2 Å². The summed E-state index contributed by atoms with van der Waals surface area (Å²) in [6.07, 6.45) is 27.8. The zero-order valence-electron chi connectivity index (χ0n) is 34.2. The third kappa shape index (κ3) is 29.4. The Kier molecular flexibility index (Phi) is 35.3. The summed E-state index contributed by atoms with van der Waals surface area (Å²) in [5.74, 6) is 1.88. The zero-order chi connectivity index (χ0) is 37.8. The fraction of sp³-hybridized carbons (Fsp3) is 0.905. The summed E-state index contributed by atoms with van der Waals surface area (Å²) in [7, 11) is 0. The second kappa shape index (κ2) is 36.6. The maximum atomic E-state index is 13.4. The Morgan fingerprint density at radius 1 is 0.412 bits per heavy atom. The molecule has 0 radical (unpaired) electrons. The van der Waals surface area contributed by atoms with Crippen LogP contribution in [0.5, 0.6) is 0 Å². The smallest absolute Gasteiger partial charge is 0.223 e. The van der Waals surface area contributed by atoms with E-state index in [4.69, 9.17) is 0 Å². The van der Waals surface area contributed by atoms with Crippen molar-refractivity contribution in [3.8, 4) is 0 Å². The summed E-state index contributed by atoms with van der Waals surface area (Å²) in [6, 6.07) is 0. The average Bonchev–Trinajstić information content (AvgIpc) is 3.14. The first-order valence-corrected chi connectivity index (χ1v) is 22.7. The Labute approximate surface area is 319 Å². The summed E-state index contributed by atoms with van der Waals surface area (Å²) >= 11 is 1.74. The quantitative estimate of drug-likeness (QED) is 0.0642. The molecule has 0 fully saturated rings. The molecule has 0 aromatic rings. The second-order valence-corrected chi connectivity index (χ2v) is 15.5. The van der Waals surface area contributed by atoms with Gasteiger partial charge in [0.2, 0.25) is 23.6 Å². The molecular formula is C42H82N4O4S. The van der Waals surface area contributed by atoms with E-state index in [0.717, 1.165) is 37.4 Å². The van der Waals surface area contributed by atoms with E-state index in [2.05, 4.69) is 24.1 Å². The summed E-state index contributed by atoms with van der Waals surface area (Å²) in [5.41, 5.74) is 0. The van der Waals surface area contributed by atoms with Crippen molar-refractivity contribution in [2.24, 2.45) is 0 Å². The molecule has 0 aromatic carbocycles. The van der Waals surface area contributed by atoms with Crippen molar-refractivity contribution in [2.45, 2.75) is 189 Å². The minimum Gasteiger partial charge on any atom is -0.354 e. The Hall–Kier alpha value is -1.77. The lowest BCUT2D eigenvalue weighted by atomic mass is 10.1. The first-order valence-electron chi connectivity index (χ1n) is 21.5. The van der Waals surface area contributed by atoms with Crippen molar-refractivity contribution in [3.63, 3.8) is 0 Å². The highest BCUT2D eigenvalue weighted by Gasteiger charge is 2.17. The van der Waals surface area contributed by atoms with Crippen LogP contribution in [0.15, 0.2) is 0 Å². The first-order chi connectivity index (χ1) is 24.8. The van der Waals surface area contributed by atoms with E-state index in [1.54, 1.807) is 23.6 Å². The van der Waals surface area contributed by atoms with E-state index < -0.39 is 0 Å². The van der Waals surface area contributed by atoms with Crippen LogP contribution in [-0.2, 0) is 19.2 Å². The maximum absolute atomic E-state index is 13.4. The number of hydrogen-bond donors (Lipinski definition) is 1. The number of hydrogen-bond acceptors (Lipinski definition) is 5. The Morgan fingerprint density at radius 3 is 1.22 bits per heavy atom. The van der Waals surface area contributed by atoms with Crippen molar-refractivity contribution < 1.29 is 19.2 Å². The van der Waals surface area contributed by atoms with Gasteiger partial charge in [-0.25, -0.2) is 0 Å². The Balaban J connectivity index is 4.73. The fourth-order valence-electron chi connectivity index (χ4n) is 6.40. The van der Waals surface area contributed by atoms with Gasteiger partial charge in [-0.15, -0.1) is 0 Å². The average molecular weight is 739 g/mol. The van der Waals surface area contributed by atoms with Crippen molar-refractivity contribution in [1.82, 2.24) is 20.0 Å². The van der Waals surface area contributed by atoms with Crippen LogP contribution in [-0.4, -0.2) is 95.6 Å². The molecule has 0 bridgehead atoms. The van der Waals surface area contributed by atoms with Crippen molar-refractivity contribution in [2.75, 3.05) is 57.3 Å². The molecule has 0 aromatic heterocycles. The van der Waals surface area contributed by atoms with E-state index in [-0.39, 0.29) is 23.6 Å². The highest BCUT2D eigenvalue weighted by Crippen LogP contribution is 2.14. The van der Waals surface area contributed by atoms with E-state index in [1.807, 2.05) is 18.7 Å². The number of thioether (sulfide) groups is 1. The number of carbonyl (C=O) groups excluding carboxylic acids is 4. The van der Waals surface area contributed by atoms with Gasteiger partial charge in [0.05, 0.1) is 0 Å². The highest BCUT2D eigenvalue weighted by molar-refractivity contribution is 7.99. The minimum atomic E-state index is -0.0297. The number of carbonyl (C=O) groups is 4. The lowest BCUT2D eigenvalue weighted by molar-refractivity contribution is -0.134. The number of amides is 4. The standard InChI is InChI=1S/C42H82N4O4S/c1-6-11-13-15-17-19-21-23-25-27-31-44(32-28-26-24-22-20-18-16-14-12-7-2)42(50)29-37-51-38-36-46(41(49)10-5)35-34-45(40(48)9-4)33-30-43-39(47)8-3/h6-38H2,1-5H3,(H,43,47). The van der Waals surface area contributed by atoms with E-state index in [1.165, 1.54) is 116 Å². The van der Waals surface area contributed by atoms with Gasteiger partial charge in [0.1, 0.15) is 0 Å². The molecule has 0 saturated heterocycles. The van der Waals surface area contributed by atoms with Crippen LogP contribution in [0.2, 0.25) is 0 Å². The summed E-state index contributed by atoms with van der Waals surface area (Å²) in [5, 5.41) is 2.84. The van der Waals surface area contributed by atoms with Crippen LogP contribution < -0.4 is 5.32 Å². The van der Waals surface area contributed by atoms with Crippen LogP contribution in [0.1, 0.15) is 189 Å². The molecule has 0 aliphatic heterocycles.